The lowest BCUT2D eigenvalue weighted by atomic mass is 10.2. The molecule has 146 valence electrons. The molecule has 2 aliphatic rings. The first-order chi connectivity index (χ1) is 13.0. The van der Waals surface area contributed by atoms with E-state index in [-0.39, 0.29) is 5.82 Å². The van der Waals surface area contributed by atoms with Crippen LogP contribution in [0.4, 0.5) is 4.39 Å². The summed E-state index contributed by atoms with van der Waals surface area (Å²) in [7, 11) is 0. The molecule has 27 heavy (non-hydrogen) atoms. The van der Waals surface area contributed by atoms with Crippen molar-refractivity contribution in [1.82, 2.24) is 24.1 Å². The zero-order valence-corrected chi connectivity index (χ0v) is 17.0. The Labute approximate surface area is 165 Å². The number of hydrogen-bond donors (Lipinski definition) is 0. The fourth-order valence-electron chi connectivity index (χ4n) is 3.82. The predicted octanol–water partition coefficient (Wildman–Crippen LogP) is 3.79. The topological polar surface area (TPSA) is 29.2 Å². The number of hydrogen-bond acceptors (Lipinski definition) is 4. The van der Waals surface area contributed by atoms with Crippen LogP contribution in [0, 0.1) is 16.5 Å². The lowest BCUT2D eigenvalue weighted by molar-refractivity contribution is 0.0950. The molecule has 1 saturated carbocycles. The summed E-state index contributed by atoms with van der Waals surface area (Å²) < 4.78 is 19.0. The van der Waals surface area contributed by atoms with E-state index in [1.54, 1.807) is 12.1 Å². The smallest absolute Gasteiger partial charge is 0.199 e. The van der Waals surface area contributed by atoms with Crippen LogP contribution >= 0.6 is 12.2 Å². The number of rotatable bonds is 6. The molecule has 0 unspecified atom stereocenters. The molecule has 4 rings (SSSR count). The summed E-state index contributed by atoms with van der Waals surface area (Å²) in [6, 6.07) is 7.21. The van der Waals surface area contributed by atoms with Crippen LogP contribution in [0.15, 0.2) is 24.3 Å². The van der Waals surface area contributed by atoms with E-state index in [0.717, 1.165) is 45.6 Å². The highest BCUT2D eigenvalue weighted by Crippen LogP contribution is 2.39. The summed E-state index contributed by atoms with van der Waals surface area (Å²) in [5.41, 5.74) is 0.538. The number of piperazine rings is 1. The molecule has 1 saturated heterocycles. The Hall–Kier alpha value is -1.57. The maximum atomic E-state index is 14.4. The summed E-state index contributed by atoms with van der Waals surface area (Å²) >= 11 is 5.72. The van der Waals surface area contributed by atoms with Gasteiger partial charge in [-0.25, -0.2) is 9.07 Å². The molecular formula is C20H28FN5S. The van der Waals surface area contributed by atoms with Gasteiger partial charge in [-0.15, -0.1) is 0 Å². The Morgan fingerprint density at radius 1 is 1.11 bits per heavy atom. The van der Waals surface area contributed by atoms with Crippen molar-refractivity contribution in [1.29, 1.82) is 0 Å². The quantitative estimate of drug-likeness (QED) is 0.703. The molecule has 0 radical (unpaired) electrons. The van der Waals surface area contributed by atoms with Gasteiger partial charge in [0.15, 0.2) is 10.6 Å². The van der Waals surface area contributed by atoms with Gasteiger partial charge in [0, 0.05) is 38.8 Å². The first-order valence-electron chi connectivity index (χ1n) is 9.92. The molecular weight excluding hydrogens is 361 g/mol. The zero-order valence-electron chi connectivity index (χ0n) is 16.1. The van der Waals surface area contributed by atoms with Crippen LogP contribution in [-0.4, -0.2) is 56.9 Å². The zero-order chi connectivity index (χ0) is 19.0. The second-order valence-electron chi connectivity index (χ2n) is 8.14. The Morgan fingerprint density at radius 2 is 1.78 bits per heavy atom. The van der Waals surface area contributed by atoms with Gasteiger partial charge < -0.3 is 4.90 Å². The Kier molecular flexibility index (Phi) is 5.43. The van der Waals surface area contributed by atoms with E-state index in [2.05, 4.69) is 28.2 Å². The van der Waals surface area contributed by atoms with Crippen molar-refractivity contribution in [3.05, 3.63) is 34.9 Å². The average molecular weight is 390 g/mol. The molecule has 7 heteroatoms. The summed E-state index contributed by atoms with van der Waals surface area (Å²) in [5, 5.41) is 4.74. The van der Waals surface area contributed by atoms with Crippen molar-refractivity contribution in [2.75, 3.05) is 32.7 Å². The van der Waals surface area contributed by atoms with E-state index < -0.39 is 0 Å². The summed E-state index contributed by atoms with van der Waals surface area (Å²) in [6.45, 7) is 10.5. The largest absolute Gasteiger partial charge is 0.301 e. The number of benzene rings is 1. The minimum atomic E-state index is -0.242. The van der Waals surface area contributed by atoms with Gasteiger partial charge in [-0.05, 0) is 43.1 Å². The molecule has 0 amide bonds. The molecule has 0 bridgehead atoms. The molecule has 1 aliphatic heterocycles. The van der Waals surface area contributed by atoms with Gasteiger partial charge in [0.25, 0.3) is 0 Å². The minimum absolute atomic E-state index is 0.242. The van der Waals surface area contributed by atoms with E-state index in [1.165, 1.54) is 6.07 Å². The highest BCUT2D eigenvalue weighted by molar-refractivity contribution is 7.71. The number of nitrogens with zero attached hydrogens (tertiary/aromatic N) is 5. The lowest BCUT2D eigenvalue weighted by Crippen LogP contribution is -2.47. The normalized spacial score (nSPS) is 19.1. The molecule has 0 atom stereocenters. The van der Waals surface area contributed by atoms with Crippen molar-refractivity contribution < 1.29 is 4.39 Å². The second-order valence-corrected chi connectivity index (χ2v) is 8.51. The molecule has 2 aromatic rings. The standard InChI is InChI=1S/C20H28FN5S/c1-15(2)13-23-9-11-24(12-10-23)14-25-20(27)26(16-7-8-16)19(22-25)17-5-3-4-6-18(17)21/h3-6,15-16H,7-14H2,1-2H3. The summed E-state index contributed by atoms with van der Waals surface area (Å²) in [6.07, 6.45) is 2.19. The van der Waals surface area contributed by atoms with Crippen molar-refractivity contribution in [2.24, 2.45) is 5.92 Å². The average Bonchev–Trinajstić information content (AvgIpc) is 3.42. The monoisotopic (exact) mass is 389 g/mol. The van der Waals surface area contributed by atoms with Gasteiger partial charge in [0.05, 0.1) is 12.2 Å². The van der Waals surface area contributed by atoms with E-state index in [9.17, 15) is 4.39 Å². The first-order valence-corrected chi connectivity index (χ1v) is 10.3. The van der Waals surface area contributed by atoms with E-state index in [0.29, 0.717) is 34.8 Å². The highest BCUT2D eigenvalue weighted by atomic mass is 32.1. The third-order valence-electron chi connectivity index (χ3n) is 5.32. The molecule has 0 N–H and O–H groups in total. The van der Waals surface area contributed by atoms with Crippen molar-refractivity contribution in [3.8, 4) is 11.4 Å². The molecule has 1 aromatic carbocycles. The SMILES string of the molecule is CC(C)CN1CCN(Cn2nc(-c3ccccc3F)n(C3CC3)c2=S)CC1. The molecule has 2 heterocycles. The fraction of sp³-hybridized carbons (Fsp3) is 0.600. The Balaban J connectivity index is 1.54. The van der Waals surface area contributed by atoms with Crippen LogP contribution in [0.1, 0.15) is 32.7 Å². The van der Waals surface area contributed by atoms with Crippen LogP contribution in [0.5, 0.6) is 0 Å². The first kappa shape index (κ1) is 18.8. The fourth-order valence-corrected chi connectivity index (χ4v) is 4.15. The van der Waals surface area contributed by atoms with Gasteiger partial charge in [0.2, 0.25) is 0 Å². The summed E-state index contributed by atoms with van der Waals surface area (Å²) in [4.78, 5) is 4.91. The van der Waals surface area contributed by atoms with E-state index in [4.69, 9.17) is 17.3 Å². The molecule has 5 nitrogen and oxygen atoms in total. The summed E-state index contributed by atoms with van der Waals surface area (Å²) in [5.74, 6) is 1.12. The Morgan fingerprint density at radius 3 is 2.41 bits per heavy atom. The van der Waals surface area contributed by atoms with Gasteiger partial charge >= 0.3 is 0 Å². The maximum absolute atomic E-state index is 14.4. The van der Waals surface area contributed by atoms with Gasteiger partial charge in [-0.3, -0.25) is 9.47 Å². The predicted molar refractivity (Wildman–Crippen MR) is 108 cm³/mol. The van der Waals surface area contributed by atoms with E-state index >= 15 is 0 Å². The van der Waals surface area contributed by atoms with Crippen molar-refractivity contribution >= 4 is 12.2 Å². The van der Waals surface area contributed by atoms with Crippen LogP contribution in [-0.2, 0) is 6.67 Å². The lowest BCUT2D eigenvalue weighted by Gasteiger charge is -2.35. The van der Waals surface area contributed by atoms with Crippen molar-refractivity contribution in [2.45, 2.75) is 39.4 Å². The van der Waals surface area contributed by atoms with Crippen molar-refractivity contribution in [3.63, 3.8) is 0 Å². The minimum Gasteiger partial charge on any atom is -0.301 e. The second kappa shape index (κ2) is 7.81. The molecule has 0 spiro atoms. The van der Waals surface area contributed by atoms with E-state index in [1.807, 2.05) is 10.7 Å². The Bertz CT molecular complexity index is 846. The van der Waals surface area contributed by atoms with Crippen LogP contribution in [0.3, 0.4) is 0 Å². The highest BCUT2D eigenvalue weighted by Gasteiger charge is 2.30. The molecule has 2 fully saturated rings. The van der Waals surface area contributed by atoms with Crippen LogP contribution < -0.4 is 0 Å². The van der Waals surface area contributed by atoms with Crippen LogP contribution in [0.2, 0.25) is 0 Å². The van der Waals surface area contributed by atoms with Gasteiger partial charge in [-0.1, -0.05) is 26.0 Å². The maximum Gasteiger partial charge on any atom is 0.199 e. The third-order valence-corrected chi connectivity index (χ3v) is 5.73. The van der Waals surface area contributed by atoms with Gasteiger partial charge in [0.1, 0.15) is 5.82 Å². The van der Waals surface area contributed by atoms with Gasteiger partial charge in [-0.2, -0.15) is 5.10 Å². The molecule has 1 aliphatic carbocycles. The molecule has 1 aromatic heterocycles. The number of aromatic nitrogens is 3. The third kappa shape index (κ3) is 4.15. The van der Waals surface area contributed by atoms with Crippen LogP contribution in [0.25, 0.3) is 11.4 Å². The number of halogens is 1.